The van der Waals surface area contributed by atoms with Crippen LogP contribution in [0.1, 0.15) is 39.9 Å². The Morgan fingerprint density at radius 3 is 2.48 bits per heavy atom. The fraction of sp³-hybridized carbons (Fsp3) is 0.391. The molecule has 0 spiro atoms. The van der Waals surface area contributed by atoms with Crippen molar-refractivity contribution in [1.82, 2.24) is 10.2 Å². The van der Waals surface area contributed by atoms with Crippen LogP contribution in [0.3, 0.4) is 0 Å². The summed E-state index contributed by atoms with van der Waals surface area (Å²) in [6.07, 6.45) is 1.32. The third-order valence-corrected chi connectivity index (χ3v) is 5.48. The summed E-state index contributed by atoms with van der Waals surface area (Å²) in [5.41, 5.74) is 3.50. The standard InChI is InChI=1S/C23H27FN2O3/c1-15-7-8-16(2)22(17(15)3)29-14-21(27)26-11-9-20(10-12-26)25-23(28)18-5-4-6-19(24)13-18/h4-8,13,20H,9-12,14H2,1-3H3,(H,25,28). The van der Waals surface area contributed by atoms with E-state index in [1.165, 1.54) is 18.2 Å². The van der Waals surface area contributed by atoms with E-state index in [2.05, 4.69) is 5.32 Å². The average molecular weight is 398 g/mol. The Labute approximate surface area is 170 Å². The molecule has 0 atom stereocenters. The van der Waals surface area contributed by atoms with Crippen LogP contribution >= 0.6 is 0 Å². The summed E-state index contributed by atoms with van der Waals surface area (Å²) in [5.74, 6) is -0.00374. The zero-order valence-corrected chi connectivity index (χ0v) is 17.1. The number of hydrogen-bond acceptors (Lipinski definition) is 3. The number of aryl methyl sites for hydroxylation is 2. The predicted molar refractivity (Wildman–Crippen MR) is 110 cm³/mol. The molecule has 154 valence electrons. The first-order valence-electron chi connectivity index (χ1n) is 9.89. The number of nitrogens with zero attached hydrogens (tertiary/aromatic N) is 1. The molecule has 1 heterocycles. The lowest BCUT2D eigenvalue weighted by Crippen LogP contribution is -2.47. The topological polar surface area (TPSA) is 58.6 Å². The maximum atomic E-state index is 13.3. The van der Waals surface area contributed by atoms with Crippen molar-refractivity contribution in [3.8, 4) is 5.75 Å². The maximum Gasteiger partial charge on any atom is 0.260 e. The van der Waals surface area contributed by atoms with Gasteiger partial charge >= 0.3 is 0 Å². The normalized spacial score (nSPS) is 14.6. The van der Waals surface area contributed by atoms with Crippen molar-refractivity contribution in [3.05, 3.63) is 64.5 Å². The van der Waals surface area contributed by atoms with E-state index in [4.69, 9.17) is 4.74 Å². The Hall–Kier alpha value is -2.89. The Morgan fingerprint density at radius 2 is 1.79 bits per heavy atom. The molecule has 29 heavy (non-hydrogen) atoms. The highest BCUT2D eigenvalue weighted by molar-refractivity contribution is 5.94. The molecule has 1 saturated heterocycles. The molecule has 5 nitrogen and oxygen atoms in total. The summed E-state index contributed by atoms with van der Waals surface area (Å²) in [4.78, 5) is 26.6. The summed E-state index contributed by atoms with van der Waals surface area (Å²) in [6.45, 7) is 7.11. The number of amides is 2. The Balaban J connectivity index is 1.48. The minimum absolute atomic E-state index is 0.00541. The summed E-state index contributed by atoms with van der Waals surface area (Å²) in [5, 5.41) is 2.93. The molecular weight excluding hydrogens is 371 g/mol. The van der Waals surface area contributed by atoms with Crippen molar-refractivity contribution in [2.45, 2.75) is 39.7 Å². The van der Waals surface area contributed by atoms with E-state index in [-0.39, 0.29) is 24.5 Å². The molecular formula is C23H27FN2O3. The summed E-state index contributed by atoms with van der Waals surface area (Å²) in [7, 11) is 0. The molecule has 0 aliphatic carbocycles. The zero-order chi connectivity index (χ0) is 21.0. The SMILES string of the molecule is Cc1ccc(C)c(OCC(=O)N2CCC(NC(=O)c3cccc(F)c3)CC2)c1C. The molecule has 2 aromatic carbocycles. The van der Waals surface area contributed by atoms with Crippen LogP contribution in [0.25, 0.3) is 0 Å². The van der Waals surface area contributed by atoms with Gasteiger partial charge in [0.25, 0.3) is 11.8 Å². The number of rotatable bonds is 5. The van der Waals surface area contributed by atoms with Crippen LogP contribution in [-0.2, 0) is 4.79 Å². The van der Waals surface area contributed by atoms with Gasteiger partial charge in [-0.15, -0.1) is 0 Å². The van der Waals surface area contributed by atoms with Crippen LogP contribution in [0.15, 0.2) is 36.4 Å². The third-order valence-electron chi connectivity index (χ3n) is 5.48. The molecule has 2 aromatic rings. The summed E-state index contributed by atoms with van der Waals surface area (Å²) >= 11 is 0. The molecule has 1 aliphatic rings. The molecule has 2 amide bonds. The molecule has 1 fully saturated rings. The summed E-state index contributed by atoms with van der Waals surface area (Å²) < 4.78 is 19.1. The third kappa shape index (κ3) is 5.13. The molecule has 3 rings (SSSR count). The molecule has 1 aliphatic heterocycles. The lowest BCUT2D eigenvalue weighted by molar-refractivity contribution is -0.134. The highest BCUT2D eigenvalue weighted by atomic mass is 19.1. The van der Waals surface area contributed by atoms with Crippen LogP contribution in [0.4, 0.5) is 4.39 Å². The van der Waals surface area contributed by atoms with Gasteiger partial charge in [-0.3, -0.25) is 9.59 Å². The first kappa shape index (κ1) is 20.8. The van der Waals surface area contributed by atoms with Crippen LogP contribution in [0, 0.1) is 26.6 Å². The number of hydrogen-bond donors (Lipinski definition) is 1. The number of ether oxygens (including phenoxy) is 1. The minimum atomic E-state index is -0.433. The van der Waals surface area contributed by atoms with E-state index in [1.54, 1.807) is 11.0 Å². The molecule has 0 radical (unpaired) electrons. The van der Waals surface area contributed by atoms with Gasteiger partial charge in [0.05, 0.1) is 0 Å². The Morgan fingerprint density at radius 1 is 1.10 bits per heavy atom. The lowest BCUT2D eigenvalue weighted by Gasteiger charge is -2.32. The predicted octanol–water partition coefficient (Wildman–Crippen LogP) is 3.55. The van der Waals surface area contributed by atoms with Gasteiger partial charge in [-0.2, -0.15) is 0 Å². The van der Waals surface area contributed by atoms with Gasteiger partial charge < -0.3 is 15.0 Å². The highest BCUT2D eigenvalue weighted by Gasteiger charge is 2.24. The second-order valence-corrected chi connectivity index (χ2v) is 7.58. The first-order chi connectivity index (χ1) is 13.8. The number of carbonyl (C=O) groups excluding carboxylic acids is 2. The van der Waals surface area contributed by atoms with E-state index in [1.807, 2.05) is 32.9 Å². The second-order valence-electron chi connectivity index (χ2n) is 7.58. The van der Waals surface area contributed by atoms with E-state index >= 15 is 0 Å². The largest absolute Gasteiger partial charge is 0.483 e. The van der Waals surface area contributed by atoms with Crippen LogP contribution in [0.2, 0.25) is 0 Å². The van der Waals surface area contributed by atoms with Crippen molar-refractivity contribution in [2.24, 2.45) is 0 Å². The van der Waals surface area contributed by atoms with Crippen molar-refractivity contribution in [3.63, 3.8) is 0 Å². The van der Waals surface area contributed by atoms with Gasteiger partial charge in [-0.25, -0.2) is 4.39 Å². The van der Waals surface area contributed by atoms with E-state index in [0.717, 1.165) is 22.4 Å². The maximum absolute atomic E-state index is 13.3. The smallest absolute Gasteiger partial charge is 0.260 e. The number of halogens is 1. The number of likely N-dealkylation sites (tertiary alicyclic amines) is 1. The van der Waals surface area contributed by atoms with Gasteiger partial charge in [0.15, 0.2) is 6.61 Å². The van der Waals surface area contributed by atoms with E-state index in [0.29, 0.717) is 31.5 Å². The van der Waals surface area contributed by atoms with Crippen molar-refractivity contribution in [1.29, 1.82) is 0 Å². The molecule has 0 saturated carbocycles. The number of benzene rings is 2. The summed E-state index contributed by atoms with van der Waals surface area (Å²) in [6, 6.07) is 9.64. The first-order valence-corrected chi connectivity index (χ1v) is 9.89. The van der Waals surface area contributed by atoms with Crippen LogP contribution in [-0.4, -0.2) is 42.5 Å². The van der Waals surface area contributed by atoms with Crippen LogP contribution in [0.5, 0.6) is 5.75 Å². The number of nitrogens with one attached hydrogen (secondary N) is 1. The second kappa shape index (κ2) is 9.07. The molecule has 6 heteroatoms. The fourth-order valence-corrected chi connectivity index (χ4v) is 3.54. The van der Waals surface area contributed by atoms with Crippen molar-refractivity contribution < 1.29 is 18.7 Å². The Bertz CT molecular complexity index is 905. The molecule has 0 bridgehead atoms. The van der Waals surface area contributed by atoms with Crippen molar-refractivity contribution >= 4 is 11.8 Å². The van der Waals surface area contributed by atoms with E-state index in [9.17, 15) is 14.0 Å². The highest BCUT2D eigenvalue weighted by Crippen LogP contribution is 2.25. The zero-order valence-electron chi connectivity index (χ0n) is 17.1. The molecule has 0 unspecified atom stereocenters. The van der Waals surface area contributed by atoms with Gasteiger partial charge in [0.2, 0.25) is 0 Å². The number of carbonyl (C=O) groups is 2. The number of piperidine rings is 1. The average Bonchev–Trinajstić information content (AvgIpc) is 2.71. The van der Waals surface area contributed by atoms with Gasteiger partial charge in [0.1, 0.15) is 11.6 Å². The monoisotopic (exact) mass is 398 g/mol. The van der Waals surface area contributed by atoms with Crippen molar-refractivity contribution in [2.75, 3.05) is 19.7 Å². The quantitative estimate of drug-likeness (QED) is 0.838. The van der Waals surface area contributed by atoms with Gasteiger partial charge in [-0.05, 0) is 68.5 Å². The fourth-order valence-electron chi connectivity index (χ4n) is 3.54. The molecule has 0 aromatic heterocycles. The van der Waals surface area contributed by atoms with E-state index < -0.39 is 5.82 Å². The minimum Gasteiger partial charge on any atom is -0.483 e. The molecule has 1 N–H and O–H groups in total. The lowest BCUT2D eigenvalue weighted by atomic mass is 10.0. The van der Waals surface area contributed by atoms with Crippen LogP contribution < -0.4 is 10.1 Å². The van der Waals surface area contributed by atoms with Gasteiger partial charge in [-0.1, -0.05) is 18.2 Å². The van der Waals surface area contributed by atoms with Gasteiger partial charge in [0, 0.05) is 24.7 Å². The Kier molecular flexibility index (Phi) is 6.52.